The molecule has 0 spiro atoms. The molecule has 1 rings (SSSR count). The lowest BCUT2D eigenvalue weighted by molar-refractivity contribution is 0.0756. The number of aromatic nitrogens is 1. The van der Waals surface area contributed by atoms with Crippen LogP contribution < -0.4 is 0 Å². The summed E-state index contributed by atoms with van der Waals surface area (Å²) in [6.45, 7) is 3.29. The van der Waals surface area contributed by atoms with E-state index in [1.165, 1.54) is 4.90 Å². The van der Waals surface area contributed by atoms with Gasteiger partial charge in [-0.2, -0.15) is 0 Å². The van der Waals surface area contributed by atoms with Crippen LogP contribution >= 0.6 is 0 Å². The van der Waals surface area contributed by atoms with E-state index in [1.54, 1.807) is 7.05 Å². The number of amides is 1. The minimum atomic E-state index is -0.0394. The monoisotopic (exact) mass is 210 g/mol. The van der Waals surface area contributed by atoms with E-state index in [2.05, 4.69) is 6.92 Å². The average molecular weight is 210 g/mol. The predicted octanol–water partition coefficient (Wildman–Crippen LogP) is 0.962. The molecule has 0 aliphatic heterocycles. The summed E-state index contributed by atoms with van der Waals surface area (Å²) in [6, 6.07) is 3.68. The summed E-state index contributed by atoms with van der Waals surface area (Å²) in [4.78, 5) is 13.4. The minimum Gasteiger partial charge on any atom is -0.395 e. The fourth-order valence-corrected chi connectivity index (χ4v) is 1.49. The molecule has 0 atom stereocenters. The molecule has 0 aromatic carbocycles. The lowest BCUT2D eigenvalue weighted by Gasteiger charge is -2.16. The van der Waals surface area contributed by atoms with Crippen molar-refractivity contribution in [3.63, 3.8) is 0 Å². The maximum atomic E-state index is 11.9. The normalized spacial score (nSPS) is 10.3. The molecule has 0 unspecified atom stereocenters. The fourth-order valence-electron chi connectivity index (χ4n) is 1.49. The van der Waals surface area contributed by atoms with E-state index in [9.17, 15) is 4.79 Å². The molecular formula is C11H18N2O2. The van der Waals surface area contributed by atoms with Crippen LogP contribution in [0.5, 0.6) is 0 Å². The lowest BCUT2D eigenvalue weighted by atomic mass is 10.3. The Morgan fingerprint density at radius 2 is 2.33 bits per heavy atom. The van der Waals surface area contributed by atoms with Crippen LogP contribution in [-0.2, 0) is 6.54 Å². The molecule has 0 bridgehead atoms. The van der Waals surface area contributed by atoms with Gasteiger partial charge in [-0.3, -0.25) is 4.79 Å². The number of rotatable bonds is 5. The maximum Gasteiger partial charge on any atom is 0.270 e. The Kier molecular flexibility index (Phi) is 4.37. The van der Waals surface area contributed by atoms with Gasteiger partial charge in [0.15, 0.2) is 0 Å². The third-order valence-corrected chi connectivity index (χ3v) is 2.30. The SMILES string of the molecule is CCCn1cccc1C(=O)N(C)CCO. The van der Waals surface area contributed by atoms with Gasteiger partial charge < -0.3 is 14.6 Å². The van der Waals surface area contributed by atoms with Crippen LogP contribution in [0, 0.1) is 0 Å². The smallest absolute Gasteiger partial charge is 0.270 e. The Morgan fingerprint density at radius 3 is 2.93 bits per heavy atom. The number of carbonyl (C=O) groups is 1. The second-order valence-corrected chi connectivity index (χ2v) is 3.54. The number of hydrogen-bond acceptors (Lipinski definition) is 2. The van der Waals surface area contributed by atoms with Crippen molar-refractivity contribution in [3.05, 3.63) is 24.0 Å². The maximum absolute atomic E-state index is 11.9. The van der Waals surface area contributed by atoms with E-state index in [1.807, 2.05) is 22.9 Å². The molecule has 0 fully saturated rings. The van der Waals surface area contributed by atoms with Crippen LogP contribution in [0.15, 0.2) is 18.3 Å². The first-order chi connectivity index (χ1) is 7.20. The van der Waals surface area contributed by atoms with Crippen molar-refractivity contribution in [2.45, 2.75) is 19.9 Å². The molecule has 0 saturated carbocycles. The Labute approximate surface area is 90.1 Å². The Morgan fingerprint density at radius 1 is 1.60 bits per heavy atom. The third-order valence-electron chi connectivity index (χ3n) is 2.30. The van der Waals surface area contributed by atoms with Crippen LogP contribution in [0.4, 0.5) is 0 Å². The molecule has 15 heavy (non-hydrogen) atoms. The molecule has 0 aliphatic rings. The highest BCUT2D eigenvalue weighted by atomic mass is 16.3. The van der Waals surface area contributed by atoms with Gasteiger partial charge in [0.05, 0.1) is 6.61 Å². The Bertz CT molecular complexity index is 320. The molecule has 0 aliphatic carbocycles. The predicted molar refractivity (Wildman–Crippen MR) is 58.8 cm³/mol. The number of aliphatic hydroxyl groups is 1. The van der Waals surface area contributed by atoms with E-state index in [4.69, 9.17) is 5.11 Å². The van der Waals surface area contributed by atoms with E-state index in [-0.39, 0.29) is 12.5 Å². The zero-order chi connectivity index (χ0) is 11.3. The quantitative estimate of drug-likeness (QED) is 0.787. The third kappa shape index (κ3) is 2.83. The molecule has 84 valence electrons. The van der Waals surface area contributed by atoms with Gasteiger partial charge in [-0.1, -0.05) is 6.92 Å². The summed E-state index contributed by atoms with van der Waals surface area (Å²) in [5, 5.41) is 8.76. The van der Waals surface area contributed by atoms with E-state index in [0.29, 0.717) is 12.2 Å². The van der Waals surface area contributed by atoms with Crippen molar-refractivity contribution in [2.24, 2.45) is 0 Å². The molecular weight excluding hydrogens is 192 g/mol. The van der Waals surface area contributed by atoms with E-state index >= 15 is 0 Å². The van der Waals surface area contributed by atoms with Crippen LogP contribution in [0.3, 0.4) is 0 Å². The van der Waals surface area contributed by atoms with Crippen molar-refractivity contribution in [3.8, 4) is 0 Å². The van der Waals surface area contributed by atoms with Crippen LogP contribution in [0.1, 0.15) is 23.8 Å². The first-order valence-electron chi connectivity index (χ1n) is 5.22. The summed E-state index contributed by atoms with van der Waals surface area (Å²) in [5.74, 6) is -0.0394. The van der Waals surface area contributed by atoms with Crippen molar-refractivity contribution in [1.82, 2.24) is 9.47 Å². The van der Waals surface area contributed by atoms with Gasteiger partial charge >= 0.3 is 0 Å². The van der Waals surface area contributed by atoms with Crippen molar-refractivity contribution >= 4 is 5.91 Å². The molecule has 0 saturated heterocycles. The Balaban J connectivity index is 2.76. The summed E-state index contributed by atoms with van der Waals surface area (Å²) in [7, 11) is 1.70. The van der Waals surface area contributed by atoms with E-state index in [0.717, 1.165) is 13.0 Å². The van der Waals surface area contributed by atoms with Crippen molar-refractivity contribution in [2.75, 3.05) is 20.2 Å². The number of nitrogens with zero attached hydrogens (tertiary/aromatic N) is 2. The summed E-state index contributed by atoms with van der Waals surface area (Å²) >= 11 is 0. The van der Waals surface area contributed by atoms with Gasteiger partial charge in [0, 0.05) is 26.3 Å². The second kappa shape index (κ2) is 5.56. The van der Waals surface area contributed by atoms with Gasteiger partial charge in [0.1, 0.15) is 5.69 Å². The number of carbonyl (C=O) groups excluding carboxylic acids is 1. The molecule has 0 radical (unpaired) electrons. The number of aliphatic hydroxyl groups excluding tert-OH is 1. The zero-order valence-corrected chi connectivity index (χ0v) is 9.31. The van der Waals surface area contributed by atoms with E-state index < -0.39 is 0 Å². The standard InChI is InChI=1S/C11H18N2O2/c1-3-6-13-7-4-5-10(13)11(15)12(2)8-9-14/h4-5,7,14H,3,6,8-9H2,1-2H3. The summed E-state index contributed by atoms with van der Waals surface area (Å²) < 4.78 is 1.94. The molecule has 1 aromatic rings. The highest BCUT2D eigenvalue weighted by Gasteiger charge is 2.14. The number of aryl methyl sites for hydroxylation is 1. The highest BCUT2D eigenvalue weighted by Crippen LogP contribution is 2.06. The minimum absolute atomic E-state index is 0.00325. The molecule has 4 nitrogen and oxygen atoms in total. The fraction of sp³-hybridized carbons (Fsp3) is 0.545. The summed E-state index contributed by atoms with van der Waals surface area (Å²) in [5.41, 5.74) is 0.688. The lowest BCUT2D eigenvalue weighted by Crippen LogP contribution is -2.31. The number of hydrogen-bond donors (Lipinski definition) is 1. The topological polar surface area (TPSA) is 45.5 Å². The molecule has 1 amide bonds. The van der Waals surface area contributed by atoms with Crippen LogP contribution in [-0.4, -0.2) is 40.7 Å². The molecule has 1 heterocycles. The van der Waals surface area contributed by atoms with Gasteiger partial charge in [0.25, 0.3) is 5.91 Å². The number of likely N-dealkylation sites (N-methyl/N-ethyl adjacent to an activating group) is 1. The van der Waals surface area contributed by atoms with Crippen LogP contribution in [0.2, 0.25) is 0 Å². The van der Waals surface area contributed by atoms with Crippen molar-refractivity contribution in [1.29, 1.82) is 0 Å². The summed E-state index contributed by atoms with van der Waals surface area (Å²) in [6.07, 6.45) is 2.90. The van der Waals surface area contributed by atoms with Gasteiger partial charge in [-0.05, 0) is 18.6 Å². The van der Waals surface area contributed by atoms with Crippen molar-refractivity contribution < 1.29 is 9.90 Å². The highest BCUT2D eigenvalue weighted by molar-refractivity contribution is 5.92. The second-order valence-electron chi connectivity index (χ2n) is 3.54. The average Bonchev–Trinajstić information content (AvgIpc) is 2.66. The largest absolute Gasteiger partial charge is 0.395 e. The van der Waals surface area contributed by atoms with Crippen LogP contribution in [0.25, 0.3) is 0 Å². The molecule has 1 N–H and O–H groups in total. The van der Waals surface area contributed by atoms with Gasteiger partial charge in [0.2, 0.25) is 0 Å². The first kappa shape index (κ1) is 11.8. The molecule has 1 aromatic heterocycles. The Hall–Kier alpha value is -1.29. The van der Waals surface area contributed by atoms with Gasteiger partial charge in [-0.25, -0.2) is 0 Å². The first-order valence-corrected chi connectivity index (χ1v) is 5.22. The van der Waals surface area contributed by atoms with Gasteiger partial charge in [-0.15, -0.1) is 0 Å². The molecule has 4 heteroatoms. The zero-order valence-electron chi connectivity index (χ0n) is 9.31.